The largest absolute Gasteiger partial charge is 0.497 e. The molecule has 1 saturated heterocycles. The number of thiazole rings is 1. The third-order valence-electron chi connectivity index (χ3n) is 4.83. The lowest BCUT2D eigenvalue weighted by molar-refractivity contribution is 0.242. The molecule has 3 aromatic rings. The van der Waals surface area contributed by atoms with Crippen LogP contribution in [0.5, 0.6) is 5.75 Å². The number of fused-ring (bicyclic) bond motifs is 1. The first-order valence-electron chi connectivity index (χ1n) is 9.38. The van der Waals surface area contributed by atoms with Gasteiger partial charge in [0, 0.05) is 17.9 Å². The summed E-state index contributed by atoms with van der Waals surface area (Å²) in [6, 6.07) is 7.97. The maximum Gasteiger partial charge on any atom is 0.146 e. The van der Waals surface area contributed by atoms with Crippen molar-refractivity contribution in [3.63, 3.8) is 0 Å². The molecular formula is C20H24N4OS2. The minimum Gasteiger partial charge on any atom is -0.497 e. The van der Waals surface area contributed by atoms with E-state index in [0.29, 0.717) is 0 Å². The molecule has 7 heteroatoms. The van der Waals surface area contributed by atoms with Crippen molar-refractivity contribution in [1.29, 1.82) is 0 Å². The molecule has 1 aliphatic rings. The number of piperidine rings is 1. The number of hydrogen-bond acceptors (Lipinski definition) is 7. The third-order valence-corrected chi connectivity index (χ3v) is 6.74. The molecule has 3 heterocycles. The summed E-state index contributed by atoms with van der Waals surface area (Å²) >= 11 is 3.46. The van der Waals surface area contributed by atoms with Crippen molar-refractivity contribution in [3.8, 4) is 17.0 Å². The number of rotatable bonds is 6. The molecule has 0 aliphatic carbocycles. The van der Waals surface area contributed by atoms with E-state index in [4.69, 9.17) is 9.72 Å². The summed E-state index contributed by atoms with van der Waals surface area (Å²) in [5.74, 6) is 1.85. The molecule has 0 amide bonds. The number of thioether (sulfide) groups is 1. The highest BCUT2D eigenvalue weighted by atomic mass is 32.2. The summed E-state index contributed by atoms with van der Waals surface area (Å²) < 4.78 is 6.47. The normalized spacial score (nSPS) is 15.3. The number of hydrogen-bond donors (Lipinski definition) is 0. The maximum atomic E-state index is 5.36. The van der Waals surface area contributed by atoms with E-state index in [1.165, 1.54) is 32.4 Å². The highest BCUT2D eigenvalue weighted by Crippen LogP contribution is 2.36. The van der Waals surface area contributed by atoms with E-state index in [1.54, 1.807) is 30.2 Å². The van der Waals surface area contributed by atoms with E-state index in [-0.39, 0.29) is 0 Å². The van der Waals surface area contributed by atoms with Gasteiger partial charge < -0.3 is 9.64 Å². The van der Waals surface area contributed by atoms with Crippen LogP contribution in [0.1, 0.15) is 24.3 Å². The van der Waals surface area contributed by atoms with Gasteiger partial charge in [-0.2, -0.15) is 0 Å². The van der Waals surface area contributed by atoms with Gasteiger partial charge in [-0.25, -0.2) is 4.98 Å². The fourth-order valence-corrected chi connectivity index (χ4v) is 5.35. The van der Waals surface area contributed by atoms with Crippen molar-refractivity contribution in [3.05, 3.63) is 29.3 Å². The van der Waals surface area contributed by atoms with E-state index in [2.05, 4.69) is 15.1 Å². The number of methoxy groups -OCH3 is 1. The van der Waals surface area contributed by atoms with Gasteiger partial charge >= 0.3 is 0 Å². The van der Waals surface area contributed by atoms with Crippen LogP contribution in [0.2, 0.25) is 0 Å². The topological polar surface area (TPSA) is 51.1 Å². The Kier molecular flexibility index (Phi) is 5.90. The molecule has 1 aliphatic heterocycles. The highest BCUT2D eigenvalue weighted by molar-refractivity contribution is 7.99. The Labute approximate surface area is 168 Å². The maximum absolute atomic E-state index is 5.36. The average molecular weight is 401 g/mol. The molecule has 27 heavy (non-hydrogen) atoms. The minimum absolute atomic E-state index is 0.823. The van der Waals surface area contributed by atoms with Crippen LogP contribution in [-0.2, 0) is 0 Å². The van der Waals surface area contributed by atoms with Crippen LogP contribution in [0.15, 0.2) is 29.3 Å². The molecule has 0 unspecified atom stereocenters. The van der Waals surface area contributed by atoms with Gasteiger partial charge in [-0.1, -0.05) is 18.6 Å². The quantitative estimate of drug-likeness (QED) is 0.562. The van der Waals surface area contributed by atoms with Crippen molar-refractivity contribution in [1.82, 2.24) is 20.1 Å². The van der Waals surface area contributed by atoms with Crippen LogP contribution in [-0.4, -0.2) is 52.6 Å². The van der Waals surface area contributed by atoms with E-state index in [9.17, 15) is 0 Å². The highest BCUT2D eigenvalue weighted by Gasteiger charge is 2.17. The molecule has 0 radical (unpaired) electrons. The predicted octanol–water partition coefficient (Wildman–Crippen LogP) is 4.65. The first kappa shape index (κ1) is 18.7. The molecule has 0 N–H and O–H groups in total. The predicted molar refractivity (Wildman–Crippen MR) is 113 cm³/mol. The van der Waals surface area contributed by atoms with Crippen LogP contribution in [0.25, 0.3) is 21.5 Å². The molecule has 0 saturated carbocycles. The molecule has 1 aromatic carbocycles. The molecule has 0 atom stereocenters. The van der Waals surface area contributed by atoms with Crippen molar-refractivity contribution >= 4 is 33.3 Å². The second-order valence-corrected chi connectivity index (χ2v) is 9.03. The zero-order valence-corrected chi connectivity index (χ0v) is 17.4. The van der Waals surface area contributed by atoms with E-state index < -0.39 is 0 Å². The van der Waals surface area contributed by atoms with Crippen LogP contribution < -0.4 is 4.74 Å². The fraction of sp³-hybridized carbons (Fsp3) is 0.450. The van der Waals surface area contributed by atoms with Gasteiger partial charge in [0.1, 0.15) is 22.0 Å². The standard InChI is InChI=1S/C20H24N4OS2/c1-14-21-18-19(27-14)17(15-7-6-8-16(13-15)25-2)22-23-20(18)26-12-11-24-9-4-3-5-10-24/h6-8,13H,3-5,9-12H2,1-2H3. The van der Waals surface area contributed by atoms with E-state index in [0.717, 1.165) is 49.6 Å². The number of benzene rings is 1. The zero-order valence-electron chi connectivity index (χ0n) is 15.8. The number of nitrogens with zero attached hydrogens (tertiary/aromatic N) is 4. The van der Waals surface area contributed by atoms with E-state index in [1.807, 2.05) is 31.2 Å². The van der Waals surface area contributed by atoms with Gasteiger partial charge in [0.2, 0.25) is 0 Å². The smallest absolute Gasteiger partial charge is 0.146 e. The lowest BCUT2D eigenvalue weighted by Crippen LogP contribution is -2.31. The van der Waals surface area contributed by atoms with Gasteiger partial charge in [0.25, 0.3) is 0 Å². The fourth-order valence-electron chi connectivity index (χ4n) is 3.43. The zero-order chi connectivity index (χ0) is 18.6. The summed E-state index contributed by atoms with van der Waals surface area (Å²) in [5.41, 5.74) is 2.88. The molecule has 4 rings (SSSR count). The molecule has 0 spiro atoms. The van der Waals surface area contributed by atoms with Gasteiger partial charge in [-0.05, 0) is 45.0 Å². The number of aromatic nitrogens is 3. The molecule has 5 nitrogen and oxygen atoms in total. The van der Waals surface area contributed by atoms with Crippen LogP contribution in [0, 0.1) is 6.92 Å². The van der Waals surface area contributed by atoms with Crippen molar-refractivity contribution in [2.45, 2.75) is 31.2 Å². The van der Waals surface area contributed by atoms with Crippen LogP contribution in [0.4, 0.5) is 0 Å². The summed E-state index contributed by atoms with van der Waals surface area (Å²) in [4.78, 5) is 7.31. The Morgan fingerprint density at radius 2 is 2.04 bits per heavy atom. The summed E-state index contributed by atoms with van der Waals surface area (Å²) in [7, 11) is 1.68. The monoisotopic (exact) mass is 400 g/mol. The molecular weight excluding hydrogens is 376 g/mol. The van der Waals surface area contributed by atoms with Gasteiger partial charge in [0.05, 0.1) is 16.8 Å². The van der Waals surface area contributed by atoms with Crippen LogP contribution in [0.3, 0.4) is 0 Å². The molecule has 1 fully saturated rings. The summed E-state index contributed by atoms with van der Waals surface area (Å²) in [6.45, 7) is 5.61. The van der Waals surface area contributed by atoms with Gasteiger partial charge in [0.15, 0.2) is 0 Å². The van der Waals surface area contributed by atoms with Crippen molar-refractivity contribution in [2.75, 3.05) is 32.5 Å². The molecule has 142 valence electrons. The third kappa shape index (κ3) is 4.25. The first-order chi connectivity index (χ1) is 13.2. The number of ether oxygens (including phenoxy) is 1. The molecule has 0 bridgehead atoms. The van der Waals surface area contributed by atoms with Crippen molar-refractivity contribution in [2.24, 2.45) is 0 Å². The Balaban J connectivity index is 1.58. The second kappa shape index (κ2) is 8.54. The Bertz CT molecular complexity index is 921. The first-order valence-corrected chi connectivity index (χ1v) is 11.2. The Hall–Kier alpha value is -1.70. The van der Waals surface area contributed by atoms with Crippen molar-refractivity contribution < 1.29 is 4.74 Å². The lowest BCUT2D eigenvalue weighted by Gasteiger charge is -2.25. The minimum atomic E-state index is 0.823. The molecule has 2 aromatic heterocycles. The summed E-state index contributed by atoms with van der Waals surface area (Å²) in [6.07, 6.45) is 4.03. The number of likely N-dealkylation sites (tertiary alicyclic amines) is 1. The van der Waals surface area contributed by atoms with Gasteiger partial charge in [-0.15, -0.1) is 33.3 Å². The number of aryl methyl sites for hydroxylation is 1. The Morgan fingerprint density at radius 1 is 1.19 bits per heavy atom. The Morgan fingerprint density at radius 3 is 2.85 bits per heavy atom. The summed E-state index contributed by atoms with van der Waals surface area (Å²) in [5, 5.41) is 11.1. The van der Waals surface area contributed by atoms with Gasteiger partial charge in [-0.3, -0.25) is 0 Å². The van der Waals surface area contributed by atoms with E-state index >= 15 is 0 Å². The SMILES string of the molecule is COc1cccc(-c2nnc(SCCN3CCCCC3)c3nc(C)sc23)c1. The average Bonchev–Trinajstić information content (AvgIpc) is 3.10. The second-order valence-electron chi connectivity index (χ2n) is 6.75. The lowest BCUT2D eigenvalue weighted by atomic mass is 10.1. The van der Waals surface area contributed by atoms with Crippen LogP contribution >= 0.6 is 23.1 Å².